The van der Waals surface area contributed by atoms with Crippen molar-refractivity contribution in [3.05, 3.63) is 30.0 Å². The molecule has 1 aromatic heterocycles. The van der Waals surface area contributed by atoms with Crippen LogP contribution in [-0.2, 0) is 10.2 Å². The van der Waals surface area contributed by atoms with E-state index < -0.39 is 11.4 Å². The Hall–Kier alpha value is -1.84. The third-order valence-electron chi connectivity index (χ3n) is 2.61. The lowest BCUT2D eigenvalue weighted by atomic mass is 9.83. The Morgan fingerprint density at radius 1 is 1.47 bits per heavy atom. The summed E-state index contributed by atoms with van der Waals surface area (Å²) in [6.45, 7) is 3.33. The minimum Gasteiger partial charge on any atom is -0.481 e. The van der Waals surface area contributed by atoms with E-state index in [9.17, 15) is 4.79 Å². The lowest BCUT2D eigenvalue weighted by Gasteiger charge is -2.19. The highest BCUT2D eigenvalue weighted by Gasteiger charge is 2.31. The molecule has 0 amide bonds. The smallest absolute Gasteiger partial charge is 0.313 e. The summed E-state index contributed by atoms with van der Waals surface area (Å²) in [5.74, 6) is -0.865. The fourth-order valence-corrected chi connectivity index (χ4v) is 1.55. The average Bonchev–Trinajstić information content (AvgIpc) is 2.64. The molecule has 0 unspecified atom stereocenters. The molecule has 1 N–H and O–H groups in total. The summed E-state index contributed by atoms with van der Waals surface area (Å²) < 4.78 is 4.99. The second-order valence-corrected chi connectivity index (χ2v) is 3.97. The first-order chi connectivity index (χ1) is 7.03. The van der Waals surface area contributed by atoms with Gasteiger partial charge in [-0.25, -0.2) is 0 Å². The number of aliphatic carboxylic acids is 1. The van der Waals surface area contributed by atoms with Gasteiger partial charge < -0.3 is 9.63 Å². The molecule has 2 rings (SSSR count). The van der Waals surface area contributed by atoms with Crippen LogP contribution in [0.4, 0.5) is 0 Å². The van der Waals surface area contributed by atoms with Gasteiger partial charge in [0.15, 0.2) is 5.58 Å². The third-order valence-corrected chi connectivity index (χ3v) is 2.61. The summed E-state index contributed by atoms with van der Waals surface area (Å²) in [6.07, 6.45) is 1.55. The van der Waals surface area contributed by atoms with E-state index in [1.165, 1.54) is 0 Å². The molecule has 0 bridgehead atoms. The number of nitrogens with zero attached hydrogens (tertiary/aromatic N) is 1. The Balaban J connectivity index is 2.71. The van der Waals surface area contributed by atoms with E-state index in [1.807, 2.05) is 0 Å². The summed E-state index contributed by atoms with van der Waals surface area (Å²) in [4.78, 5) is 11.1. The van der Waals surface area contributed by atoms with Gasteiger partial charge in [-0.3, -0.25) is 4.79 Å². The van der Waals surface area contributed by atoms with Crippen molar-refractivity contribution in [3.63, 3.8) is 0 Å². The summed E-state index contributed by atoms with van der Waals surface area (Å²) in [5, 5.41) is 13.6. The topological polar surface area (TPSA) is 63.3 Å². The molecule has 78 valence electrons. The fraction of sp³-hybridized carbons (Fsp3) is 0.273. The van der Waals surface area contributed by atoms with Crippen LogP contribution in [0.5, 0.6) is 0 Å². The lowest BCUT2D eigenvalue weighted by Crippen LogP contribution is -2.28. The highest BCUT2D eigenvalue weighted by molar-refractivity contribution is 5.89. The first-order valence-corrected chi connectivity index (χ1v) is 4.61. The maximum Gasteiger partial charge on any atom is 0.313 e. The predicted octanol–water partition coefficient (Wildman–Crippen LogP) is 2.19. The molecule has 0 saturated heterocycles. The Morgan fingerprint density at radius 2 is 2.20 bits per heavy atom. The number of aromatic nitrogens is 1. The quantitative estimate of drug-likeness (QED) is 0.816. The molecular formula is C11H11NO3. The molecule has 4 nitrogen and oxygen atoms in total. The monoisotopic (exact) mass is 205 g/mol. The Kier molecular flexibility index (Phi) is 2.00. The van der Waals surface area contributed by atoms with Gasteiger partial charge in [0, 0.05) is 5.39 Å². The van der Waals surface area contributed by atoms with Crippen LogP contribution < -0.4 is 0 Å². The largest absolute Gasteiger partial charge is 0.481 e. The van der Waals surface area contributed by atoms with E-state index in [0.717, 1.165) is 5.39 Å². The Bertz CT molecular complexity index is 513. The fourth-order valence-electron chi connectivity index (χ4n) is 1.55. The van der Waals surface area contributed by atoms with Crippen molar-refractivity contribution in [2.75, 3.05) is 0 Å². The molecular weight excluding hydrogens is 194 g/mol. The van der Waals surface area contributed by atoms with Gasteiger partial charge in [-0.15, -0.1) is 0 Å². The normalized spacial score (nSPS) is 11.9. The van der Waals surface area contributed by atoms with Crippen molar-refractivity contribution in [3.8, 4) is 0 Å². The van der Waals surface area contributed by atoms with Crippen molar-refractivity contribution in [1.82, 2.24) is 5.16 Å². The number of hydrogen-bond donors (Lipinski definition) is 1. The second kappa shape index (κ2) is 3.08. The molecule has 0 aliphatic heterocycles. The van der Waals surface area contributed by atoms with Gasteiger partial charge in [-0.05, 0) is 25.5 Å². The first kappa shape index (κ1) is 9.71. The van der Waals surface area contributed by atoms with Crippen LogP contribution in [0.25, 0.3) is 11.0 Å². The SMILES string of the molecule is CC(C)(C(=O)O)c1cccc2oncc12. The molecule has 1 aromatic carbocycles. The van der Waals surface area contributed by atoms with E-state index in [2.05, 4.69) is 5.16 Å². The van der Waals surface area contributed by atoms with E-state index in [4.69, 9.17) is 9.63 Å². The van der Waals surface area contributed by atoms with Gasteiger partial charge in [0.1, 0.15) is 0 Å². The maximum absolute atomic E-state index is 11.1. The lowest BCUT2D eigenvalue weighted by molar-refractivity contribution is -0.142. The number of rotatable bonds is 2. The van der Waals surface area contributed by atoms with E-state index >= 15 is 0 Å². The highest BCUT2D eigenvalue weighted by atomic mass is 16.5. The van der Waals surface area contributed by atoms with Crippen LogP contribution in [0, 0.1) is 0 Å². The Labute approximate surface area is 86.5 Å². The van der Waals surface area contributed by atoms with Crippen molar-refractivity contribution in [1.29, 1.82) is 0 Å². The van der Waals surface area contributed by atoms with Crippen LogP contribution in [0.15, 0.2) is 28.9 Å². The average molecular weight is 205 g/mol. The summed E-state index contributed by atoms with van der Waals surface area (Å²) in [6, 6.07) is 5.32. The van der Waals surface area contributed by atoms with E-state index in [0.29, 0.717) is 11.1 Å². The van der Waals surface area contributed by atoms with Crippen molar-refractivity contribution in [2.24, 2.45) is 0 Å². The number of carboxylic acid groups (broad SMARTS) is 1. The minimum atomic E-state index is -0.939. The van der Waals surface area contributed by atoms with Gasteiger partial charge >= 0.3 is 5.97 Å². The molecule has 2 aromatic rings. The van der Waals surface area contributed by atoms with Crippen molar-refractivity contribution < 1.29 is 14.4 Å². The van der Waals surface area contributed by atoms with Crippen LogP contribution >= 0.6 is 0 Å². The molecule has 0 aliphatic carbocycles. The third kappa shape index (κ3) is 1.38. The summed E-state index contributed by atoms with van der Waals surface area (Å²) in [5.41, 5.74) is 0.390. The highest BCUT2D eigenvalue weighted by Crippen LogP contribution is 2.30. The minimum absolute atomic E-state index is 0.613. The standard InChI is InChI=1S/C11H11NO3/c1-11(2,10(13)14)8-4-3-5-9-7(8)6-12-15-9/h3-6H,1-2H3,(H,13,14). The van der Waals surface area contributed by atoms with E-state index in [-0.39, 0.29) is 0 Å². The molecule has 0 radical (unpaired) electrons. The molecule has 0 spiro atoms. The molecule has 4 heteroatoms. The molecule has 0 saturated carbocycles. The zero-order valence-electron chi connectivity index (χ0n) is 8.52. The molecule has 0 fully saturated rings. The number of hydrogen-bond acceptors (Lipinski definition) is 3. The Morgan fingerprint density at radius 3 is 2.87 bits per heavy atom. The van der Waals surface area contributed by atoms with Gasteiger partial charge in [-0.2, -0.15) is 0 Å². The molecule has 1 heterocycles. The molecule has 0 aliphatic rings. The van der Waals surface area contributed by atoms with Gasteiger partial charge in [0.2, 0.25) is 0 Å². The number of benzene rings is 1. The zero-order chi connectivity index (χ0) is 11.1. The maximum atomic E-state index is 11.1. The number of carbonyl (C=O) groups is 1. The van der Waals surface area contributed by atoms with Crippen molar-refractivity contribution >= 4 is 16.9 Å². The number of carboxylic acids is 1. The zero-order valence-corrected chi connectivity index (χ0v) is 8.52. The molecule has 15 heavy (non-hydrogen) atoms. The summed E-state index contributed by atoms with van der Waals surface area (Å²) >= 11 is 0. The van der Waals surface area contributed by atoms with Crippen molar-refractivity contribution in [2.45, 2.75) is 19.3 Å². The van der Waals surface area contributed by atoms with Gasteiger partial charge in [0.25, 0.3) is 0 Å². The van der Waals surface area contributed by atoms with Crippen LogP contribution in [0.3, 0.4) is 0 Å². The number of fused-ring (bicyclic) bond motifs is 1. The van der Waals surface area contributed by atoms with Crippen LogP contribution in [0.2, 0.25) is 0 Å². The second-order valence-electron chi connectivity index (χ2n) is 3.97. The summed E-state index contributed by atoms with van der Waals surface area (Å²) in [7, 11) is 0. The van der Waals surface area contributed by atoms with E-state index in [1.54, 1.807) is 38.2 Å². The van der Waals surface area contributed by atoms with Crippen LogP contribution in [-0.4, -0.2) is 16.2 Å². The van der Waals surface area contributed by atoms with Gasteiger partial charge in [-0.1, -0.05) is 17.3 Å². The van der Waals surface area contributed by atoms with Gasteiger partial charge in [0.05, 0.1) is 11.6 Å². The van der Waals surface area contributed by atoms with Crippen LogP contribution in [0.1, 0.15) is 19.4 Å². The first-order valence-electron chi connectivity index (χ1n) is 4.61. The predicted molar refractivity (Wildman–Crippen MR) is 54.7 cm³/mol. The molecule has 0 atom stereocenters.